The van der Waals surface area contributed by atoms with Crippen LogP contribution < -0.4 is 0 Å². The number of benzene rings is 1. The van der Waals surface area contributed by atoms with Crippen LogP contribution in [-0.2, 0) is 4.79 Å². The quantitative estimate of drug-likeness (QED) is 0.910. The third kappa shape index (κ3) is 2.91. The lowest BCUT2D eigenvalue weighted by molar-refractivity contribution is -0.144. The van der Waals surface area contributed by atoms with E-state index in [1.807, 2.05) is 6.92 Å². The number of rotatable bonds is 2. The van der Waals surface area contributed by atoms with Crippen molar-refractivity contribution in [2.24, 2.45) is 5.92 Å². The third-order valence-electron chi connectivity index (χ3n) is 3.59. The minimum atomic E-state index is -0.983. The summed E-state index contributed by atoms with van der Waals surface area (Å²) in [6, 6.07) is 3.98. The zero-order chi connectivity index (χ0) is 14.9. The first kappa shape index (κ1) is 15.1. The monoisotopic (exact) mass is 315 g/mol. The van der Waals surface area contributed by atoms with Gasteiger partial charge in [-0.3, -0.25) is 4.79 Å². The van der Waals surface area contributed by atoms with Crippen molar-refractivity contribution in [3.05, 3.63) is 33.8 Å². The molecule has 1 aromatic carbocycles. The predicted molar refractivity (Wildman–Crippen MR) is 77.3 cm³/mol. The van der Waals surface area contributed by atoms with Crippen LogP contribution in [-0.4, -0.2) is 34.5 Å². The van der Waals surface area contributed by atoms with Crippen molar-refractivity contribution < 1.29 is 14.7 Å². The van der Waals surface area contributed by atoms with Crippen molar-refractivity contribution in [1.82, 2.24) is 4.90 Å². The molecule has 0 aliphatic carbocycles. The van der Waals surface area contributed by atoms with E-state index in [4.69, 9.17) is 23.2 Å². The summed E-state index contributed by atoms with van der Waals surface area (Å²) in [4.78, 5) is 25.2. The molecule has 6 heteroatoms. The number of likely N-dealkylation sites (tertiary alicyclic amines) is 1. The molecule has 2 rings (SSSR count). The van der Waals surface area contributed by atoms with Crippen LogP contribution in [0.2, 0.25) is 10.0 Å². The normalized spacial score (nSPS) is 22.6. The second kappa shape index (κ2) is 6.02. The largest absolute Gasteiger partial charge is 0.480 e. The van der Waals surface area contributed by atoms with Crippen molar-refractivity contribution in [3.8, 4) is 0 Å². The molecule has 1 aliphatic rings. The van der Waals surface area contributed by atoms with Gasteiger partial charge < -0.3 is 10.0 Å². The Kier molecular flexibility index (Phi) is 4.55. The molecule has 0 saturated carbocycles. The van der Waals surface area contributed by atoms with E-state index in [1.165, 1.54) is 4.90 Å². The maximum atomic E-state index is 12.5. The number of hydrogen-bond donors (Lipinski definition) is 1. The molecular formula is C14H15Cl2NO3. The summed E-state index contributed by atoms with van der Waals surface area (Å²) in [6.45, 7) is 2.41. The summed E-state index contributed by atoms with van der Waals surface area (Å²) < 4.78 is 0. The Morgan fingerprint density at radius 1 is 1.35 bits per heavy atom. The minimum absolute atomic E-state index is 0.168. The fourth-order valence-electron chi connectivity index (χ4n) is 2.44. The lowest BCUT2D eigenvalue weighted by Gasteiger charge is -2.36. The molecule has 1 amide bonds. The fraction of sp³-hybridized carbons (Fsp3) is 0.429. The molecule has 4 nitrogen and oxygen atoms in total. The van der Waals surface area contributed by atoms with Gasteiger partial charge in [-0.15, -0.1) is 0 Å². The predicted octanol–water partition coefficient (Wildman–Crippen LogP) is 3.32. The number of carboxylic acids is 1. The number of nitrogens with zero attached hydrogens (tertiary/aromatic N) is 1. The van der Waals surface area contributed by atoms with Crippen molar-refractivity contribution >= 4 is 35.1 Å². The molecule has 1 fully saturated rings. The lowest BCUT2D eigenvalue weighted by Crippen LogP contribution is -2.49. The summed E-state index contributed by atoms with van der Waals surface area (Å²) in [7, 11) is 0. The maximum absolute atomic E-state index is 12.5. The van der Waals surface area contributed by atoms with Crippen LogP contribution in [0.4, 0.5) is 0 Å². The molecule has 2 atom stereocenters. The fourth-order valence-corrected chi connectivity index (χ4v) is 2.82. The van der Waals surface area contributed by atoms with Gasteiger partial charge in [-0.1, -0.05) is 36.2 Å². The van der Waals surface area contributed by atoms with E-state index in [9.17, 15) is 14.7 Å². The van der Waals surface area contributed by atoms with E-state index in [1.54, 1.807) is 18.2 Å². The number of carbonyl (C=O) groups excluding carboxylic acids is 1. The number of carboxylic acid groups (broad SMARTS) is 1. The van der Waals surface area contributed by atoms with Crippen molar-refractivity contribution in [3.63, 3.8) is 0 Å². The molecule has 1 aromatic rings. The molecule has 0 aromatic heterocycles. The first-order chi connectivity index (χ1) is 9.41. The molecule has 108 valence electrons. The second-order valence-corrected chi connectivity index (χ2v) is 5.87. The van der Waals surface area contributed by atoms with Crippen LogP contribution in [0.25, 0.3) is 0 Å². The van der Waals surface area contributed by atoms with E-state index in [2.05, 4.69) is 0 Å². The topological polar surface area (TPSA) is 57.6 Å². The standard InChI is InChI=1S/C14H15Cl2NO3/c1-8-5-6-17(11(7-8)14(19)20)13(18)9-3-2-4-10(15)12(9)16/h2-4,8,11H,5-7H2,1H3,(H,19,20). The van der Waals surface area contributed by atoms with E-state index in [-0.39, 0.29) is 27.4 Å². The zero-order valence-electron chi connectivity index (χ0n) is 11.0. The van der Waals surface area contributed by atoms with Crippen LogP contribution in [0.3, 0.4) is 0 Å². The van der Waals surface area contributed by atoms with Gasteiger partial charge in [0.15, 0.2) is 0 Å². The van der Waals surface area contributed by atoms with Gasteiger partial charge in [-0.05, 0) is 30.9 Å². The van der Waals surface area contributed by atoms with Gasteiger partial charge in [0.2, 0.25) is 0 Å². The molecule has 1 N–H and O–H groups in total. The van der Waals surface area contributed by atoms with E-state index in [0.717, 1.165) is 6.42 Å². The molecule has 1 aliphatic heterocycles. The molecule has 1 saturated heterocycles. The van der Waals surface area contributed by atoms with Crippen molar-refractivity contribution in [2.45, 2.75) is 25.8 Å². The molecule has 2 unspecified atom stereocenters. The Bertz CT molecular complexity index is 547. The van der Waals surface area contributed by atoms with Gasteiger partial charge in [0.05, 0.1) is 15.6 Å². The minimum Gasteiger partial charge on any atom is -0.480 e. The average Bonchev–Trinajstić information content (AvgIpc) is 2.41. The van der Waals surface area contributed by atoms with Crippen LogP contribution in [0.15, 0.2) is 18.2 Å². The van der Waals surface area contributed by atoms with Gasteiger partial charge >= 0.3 is 5.97 Å². The van der Waals surface area contributed by atoms with Gasteiger partial charge in [0.25, 0.3) is 5.91 Å². The van der Waals surface area contributed by atoms with Crippen LogP contribution >= 0.6 is 23.2 Å². The van der Waals surface area contributed by atoms with E-state index in [0.29, 0.717) is 13.0 Å². The molecule has 0 bridgehead atoms. The number of piperidine rings is 1. The number of aliphatic carboxylic acids is 1. The highest BCUT2D eigenvalue weighted by atomic mass is 35.5. The Morgan fingerprint density at radius 3 is 2.70 bits per heavy atom. The Balaban J connectivity index is 2.31. The highest BCUT2D eigenvalue weighted by Gasteiger charge is 2.35. The molecule has 0 spiro atoms. The molecular weight excluding hydrogens is 301 g/mol. The Hall–Kier alpha value is -1.26. The summed E-state index contributed by atoms with van der Waals surface area (Å²) in [5.41, 5.74) is 0.250. The second-order valence-electron chi connectivity index (χ2n) is 5.08. The summed E-state index contributed by atoms with van der Waals surface area (Å²) in [5.74, 6) is -1.07. The van der Waals surface area contributed by atoms with Crippen molar-refractivity contribution in [1.29, 1.82) is 0 Å². The Morgan fingerprint density at radius 2 is 2.05 bits per heavy atom. The van der Waals surface area contributed by atoms with Gasteiger partial charge in [-0.25, -0.2) is 4.79 Å². The summed E-state index contributed by atoms with van der Waals surface area (Å²) in [5, 5.41) is 9.75. The van der Waals surface area contributed by atoms with Crippen LogP contribution in [0, 0.1) is 5.92 Å². The maximum Gasteiger partial charge on any atom is 0.326 e. The summed E-state index contributed by atoms with van der Waals surface area (Å²) in [6.07, 6.45) is 1.24. The van der Waals surface area contributed by atoms with Gasteiger partial charge in [0.1, 0.15) is 6.04 Å². The number of hydrogen-bond acceptors (Lipinski definition) is 2. The third-order valence-corrected chi connectivity index (χ3v) is 4.41. The number of amides is 1. The van der Waals surface area contributed by atoms with Crippen molar-refractivity contribution in [2.75, 3.05) is 6.54 Å². The number of carbonyl (C=O) groups is 2. The van der Waals surface area contributed by atoms with Gasteiger partial charge in [-0.2, -0.15) is 0 Å². The molecule has 0 radical (unpaired) electrons. The SMILES string of the molecule is CC1CCN(C(=O)c2cccc(Cl)c2Cl)C(C(=O)O)C1. The zero-order valence-corrected chi connectivity index (χ0v) is 12.5. The highest BCUT2D eigenvalue weighted by Crippen LogP contribution is 2.29. The molecule has 1 heterocycles. The number of halogens is 2. The smallest absolute Gasteiger partial charge is 0.326 e. The molecule has 20 heavy (non-hydrogen) atoms. The van der Waals surface area contributed by atoms with Crippen LogP contribution in [0.5, 0.6) is 0 Å². The van der Waals surface area contributed by atoms with Gasteiger partial charge in [0, 0.05) is 6.54 Å². The first-order valence-corrected chi connectivity index (χ1v) is 7.15. The average molecular weight is 316 g/mol. The Labute approximate surface area is 127 Å². The lowest BCUT2D eigenvalue weighted by atomic mass is 9.92. The highest BCUT2D eigenvalue weighted by molar-refractivity contribution is 6.43. The first-order valence-electron chi connectivity index (χ1n) is 6.39. The van der Waals surface area contributed by atoms with Crippen LogP contribution in [0.1, 0.15) is 30.1 Å². The summed E-state index contributed by atoms with van der Waals surface area (Å²) >= 11 is 11.9. The van der Waals surface area contributed by atoms with E-state index < -0.39 is 12.0 Å². The van der Waals surface area contributed by atoms with E-state index >= 15 is 0 Å².